The predicted molar refractivity (Wildman–Crippen MR) is 75.9 cm³/mol. The van der Waals surface area contributed by atoms with Gasteiger partial charge in [-0.05, 0) is 33.0 Å². The first-order valence-corrected chi connectivity index (χ1v) is 6.61. The Labute approximate surface area is 114 Å². The third-order valence-corrected chi connectivity index (χ3v) is 3.59. The number of likely N-dealkylation sites (N-methyl/N-ethyl adjacent to an activating group) is 1. The van der Waals surface area contributed by atoms with Crippen molar-refractivity contribution in [1.82, 2.24) is 10.2 Å². The van der Waals surface area contributed by atoms with Crippen LogP contribution in [-0.2, 0) is 6.54 Å². The Morgan fingerprint density at radius 3 is 2.35 bits per heavy atom. The first kappa shape index (κ1) is 14.8. The quantitative estimate of drug-likeness (QED) is 0.800. The highest BCUT2D eigenvalue weighted by atomic mass is 35.5. The lowest BCUT2D eigenvalue weighted by molar-refractivity contribution is 0.273. The summed E-state index contributed by atoms with van der Waals surface area (Å²) in [5, 5.41) is 4.81. The molecule has 0 radical (unpaired) electrons. The smallest absolute Gasteiger partial charge is 0.0465 e. The molecule has 0 aliphatic rings. The lowest BCUT2D eigenvalue weighted by Gasteiger charge is -2.21. The predicted octanol–water partition coefficient (Wildman–Crippen LogP) is 3.42. The van der Waals surface area contributed by atoms with E-state index in [1.807, 2.05) is 18.2 Å². The van der Waals surface area contributed by atoms with E-state index in [1.54, 1.807) is 0 Å². The van der Waals surface area contributed by atoms with Gasteiger partial charge in [-0.15, -0.1) is 0 Å². The molecule has 17 heavy (non-hydrogen) atoms. The maximum Gasteiger partial charge on any atom is 0.0465 e. The molecule has 1 aromatic rings. The molecule has 0 saturated carbocycles. The summed E-state index contributed by atoms with van der Waals surface area (Å²) in [5.74, 6) is 0. The monoisotopic (exact) mass is 274 g/mol. The van der Waals surface area contributed by atoms with Crippen LogP contribution in [-0.4, -0.2) is 31.1 Å². The molecule has 0 heterocycles. The third-order valence-electron chi connectivity index (χ3n) is 2.89. The second-order valence-electron chi connectivity index (χ2n) is 4.45. The Morgan fingerprint density at radius 1 is 1.24 bits per heavy atom. The average Bonchev–Trinajstić information content (AvgIpc) is 2.27. The van der Waals surface area contributed by atoms with Gasteiger partial charge in [0.05, 0.1) is 0 Å². The highest BCUT2D eigenvalue weighted by molar-refractivity contribution is 6.35. The molecular weight excluding hydrogens is 255 g/mol. The van der Waals surface area contributed by atoms with Gasteiger partial charge in [-0.1, -0.05) is 29.3 Å². The SMILES string of the molecule is CC(C)N(C)CCNCc1c(Cl)cccc1Cl. The van der Waals surface area contributed by atoms with Gasteiger partial charge in [-0.25, -0.2) is 0 Å². The van der Waals surface area contributed by atoms with E-state index in [0.717, 1.165) is 28.7 Å². The molecule has 0 saturated heterocycles. The van der Waals surface area contributed by atoms with Gasteiger partial charge < -0.3 is 10.2 Å². The summed E-state index contributed by atoms with van der Waals surface area (Å²) in [6, 6.07) is 6.16. The fourth-order valence-corrected chi connectivity index (χ4v) is 1.96. The van der Waals surface area contributed by atoms with Crippen molar-refractivity contribution >= 4 is 23.2 Å². The van der Waals surface area contributed by atoms with Crippen molar-refractivity contribution in [1.29, 1.82) is 0 Å². The number of hydrogen-bond donors (Lipinski definition) is 1. The second-order valence-corrected chi connectivity index (χ2v) is 5.27. The van der Waals surface area contributed by atoms with Gasteiger partial charge in [-0.3, -0.25) is 0 Å². The van der Waals surface area contributed by atoms with Crippen LogP contribution in [0.4, 0.5) is 0 Å². The number of halogens is 2. The molecule has 0 aliphatic heterocycles. The van der Waals surface area contributed by atoms with E-state index in [4.69, 9.17) is 23.2 Å². The summed E-state index contributed by atoms with van der Waals surface area (Å²) in [5.41, 5.74) is 0.975. The summed E-state index contributed by atoms with van der Waals surface area (Å²) in [6.45, 7) is 7.02. The molecule has 0 atom stereocenters. The van der Waals surface area contributed by atoms with Crippen molar-refractivity contribution in [2.24, 2.45) is 0 Å². The largest absolute Gasteiger partial charge is 0.311 e. The Kier molecular flexibility index (Phi) is 6.28. The van der Waals surface area contributed by atoms with Crippen LogP contribution in [0.5, 0.6) is 0 Å². The first-order valence-electron chi connectivity index (χ1n) is 5.86. The van der Waals surface area contributed by atoms with E-state index < -0.39 is 0 Å². The molecule has 0 fully saturated rings. The van der Waals surface area contributed by atoms with E-state index in [9.17, 15) is 0 Å². The minimum absolute atomic E-state index is 0.570. The normalized spacial score (nSPS) is 11.5. The Bertz CT molecular complexity index is 333. The maximum absolute atomic E-state index is 6.09. The molecule has 4 heteroatoms. The summed E-state index contributed by atoms with van der Waals surface area (Å²) < 4.78 is 0. The van der Waals surface area contributed by atoms with Crippen LogP contribution < -0.4 is 5.32 Å². The number of nitrogens with one attached hydrogen (secondary N) is 1. The van der Waals surface area contributed by atoms with E-state index in [1.165, 1.54) is 0 Å². The minimum atomic E-state index is 0.570. The van der Waals surface area contributed by atoms with Gasteiger partial charge in [0.25, 0.3) is 0 Å². The van der Waals surface area contributed by atoms with Crippen LogP contribution in [0.3, 0.4) is 0 Å². The topological polar surface area (TPSA) is 15.3 Å². The molecule has 1 N–H and O–H groups in total. The van der Waals surface area contributed by atoms with Crippen LogP contribution in [0.1, 0.15) is 19.4 Å². The molecule has 1 rings (SSSR count). The summed E-state index contributed by atoms with van der Waals surface area (Å²) in [4.78, 5) is 2.29. The maximum atomic E-state index is 6.09. The molecule has 2 nitrogen and oxygen atoms in total. The third kappa shape index (κ3) is 4.84. The first-order chi connectivity index (χ1) is 8.02. The molecular formula is C13H20Cl2N2. The fourth-order valence-electron chi connectivity index (χ4n) is 1.43. The number of hydrogen-bond acceptors (Lipinski definition) is 2. The molecule has 0 aliphatic carbocycles. The lowest BCUT2D eigenvalue weighted by atomic mass is 10.2. The van der Waals surface area contributed by atoms with Crippen LogP contribution in [0.25, 0.3) is 0 Å². The van der Waals surface area contributed by atoms with Crippen molar-refractivity contribution < 1.29 is 0 Å². The second kappa shape index (κ2) is 7.22. The van der Waals surface area contributed by atoms with Crippen LogP contribution in [0.15, 0.2) is 18.2 Å². The zero-order valence-electron chi connectivity index (χ0n) is 10.6. The highest BCUT2D eigenvalue weighted by Crippen LogP contribution is 2.23. The van der Waals surface area contributed by atoms with Gasteiger partial charge in [-0.2, -0.15) is 0 Å². The molecule has 0 amide bonds. The van der Waals surface area contributed by atoms with Crippen molar-refractivity contribution in [2.45, 2.75) is 26.4 Å². The van der Waals surface area contributed by atoms with Gasteiger partial charge >= 0.3 is 0 Å². The van der Waals surface area contributed by atoms with E-state index >= 15 is 0 Å². The van der Waals surface area contributed by atoms with Crippen molar-refractivity contribution in [2.75, 3.05) is 20.1 Å². The number of rotatable bonds is 6. The molecule has 0 spiro atoms. The number of benzene rings is 1. The molecule has 1 aromatic carbocycles. The van der Waals surface area contributed by atoms with Crippen molar-refractivity contribution in [3.63, 3.8) is 0 Å². The highest BCUT2D eigenvalue weighted by Gasteiger charge is 2.05. The van der Waals surface area contributed by atoms with E-state index in [2.05, 4.69) is 31.1 Å². The van der Waals surface area contributed by atoms with Crippen molar-refractivity contribution in [3.05, 3.63) is 33.8 Å². The average molecular weight is 275 g/mol. The Hall–Kier alpha value is -0.280. The summed E-state index contributed by atoms with van der Waals surface area (Å²) in [7, 11) is 2.12. The molecule has 0 unspecified atom stereocenters. The van der Waals surface area contributed by atoms with Crippen molar-refractivity contribution in [3.8, 4) is 0 Å². The Balaban J connectivity index is 2.36. The number of nitrogens with zero attached hydrogens (tertiary/aromatic N) is 1. The van der Waals surface area contributed by atoms with Gasteiger partial charge in [0, 0.05) is 41.3 Å². The zero-order chi connectivity index (χ0) is 12.8. The molecule has 96 valence electrons. The molecule has 0 aromatic heterocycles. The van der Waals surface area contributed by atoms with Crippen LogP contribution >= 0.6 is 23.2 Å². The van der Waals surface area contributed by atoms with Crippen LogP contribution in [0, 0.1) is 0 Å². The lowest BCUT2D eigenvalue weighted by Crippen LogP contribution is -2.33. The zero-order valence-corrected chi connectivity index (χ0v) is 12.1. The summed E-state index contributed by atoms with van der Waals surface area (Å²) >= 11 is 12.2. The Morgan fingerprint density at radius 2 is 1.82 bits per heavy atom. The minimum Gasteiger partial charge on any atom is -0.311 e. The molecule has 0 bridgehead atoms. The van der Waals surface area contributed by atoms with Gasteiger partial charge in [0.2, 0.25) is 0 Å². The van der Waals surface area contributed by atoms with E-state index in [-0.39, 0.29) is 0 Å². The van der Waals surface area contributed by atoms with Gasteiger partial charge in [0.1, 0.15) is 0 Å². The van der Waals surface area contributed by atoms with Gasteiger partial charge in [0.15, 0.2) is 0 Å². The summed E-state index contributed by atoms with van der Waals surface area (Å²) in [6.07, 6.45) is 0. The van der Waals surface area contributed by atoms with E-state index in [0.29, 0.717) is 12.6 Å². The standard InChI is InChI=1S/C13H20Cl2N2/c1-10(2)17(3)8-7-16-9-11-12(14)5-4-6-13(11)15/h4-6,10,16H,7-9H2,1-3H3. The van der Waals surface area contributed by atoms with Crippen LogP contribution in [0.2, 0.25) is 10.0 Å². The fraction of sp³-hybridized carbons (Fsp3) is 0.538.